The average molecular weight is 241 g/mol. The summed E-state index contributed by atoms with van der Waals surface area (Å²) in [6.07, 6.45) is 5.37. The Hall–Kier alpha value is -0.610. The first-order chi connectivity index (χ1) is 8.20. The standard InChI is InChI=1S/C13H23NO3/c1-9-6-7-14-12(9)13(15)17-11-5-3-4-10(8-11)16-2/h9-12,14H,3-8H2,1-2H3. The van der Waals surface area contributed by atoms with Gasteiger partial charge in [-0.1, -0.05) is 6.92 Å². The van der Waals surface area contributed by atoms with Crippen molar-refractivity contribution in [2.45, 2.75) is 57.3 Å². The van der Waals surface area contributed by atoms with Crippen LogP contribution in [0.4, 0.5) is 0 Å². The van der Waals surface area contributed by atoms with Crippen LogP contribution in [-0.4, -0.2) is 37.9 Å². The van der Waals surface area contributed by atoms with Crippen LogP contribution in [-0.2, 0) is 14.3 Å². The fourth-order valence-electron chi connectivity index (χ4n) is 2.81. The molecule has 0 amide bonds. The molecule has 17 heavy (non-hydrogen) atoms. The van der Waals surface area contributed by atoms with Crippen LogP contribution in [0.25, 0.3) is 0 Å². The Balaban J connectivity index is 1.81. The molecule has 4 unspecified atom stereocenters. The van der Waals surface area contributed by atoms with Gasteiger partial charge in [-0.05, 0) is 38.1 Å². The number of nitrogens with one attached hydrogen (secondary N) is 1. The van der Waals surface area contributed by atoms with E-state index >= 15 is 0 Å². The molecular formula is C13H23NO3. The van der Waals surface area contributed by atoms with Crippen molar-refractivity contribution in [1.82, 2.24) is 5.32 Å². The van der Waals surface area contributed by atoms with E-state index in [4.69, 9.17) is 9.47 Å². The summed E-state index contributed by atoms with van der Waals surface area (Å²) in [7, 11) is 1.73. The first kappa shape index (κ1) is 12.8. The second-order valence-corrected chi connectivity index (χ2v) is 5.28. The second-order valence-electron chi connectivity index (χ2n) is 5.28. The zero-order valence-electron chi connectivity index (χ0n) is 10.8. The van der Waals surface area contributed by atoms with E-state index in [-0.39, 0.29) is 24.2 Å². The predicted octanol–water partition coefficient (Wildman–Crippen LogP) is 1.49. The van der Waals surface area contributed by atoms with Crippen LogP contribution in [0.1, 0.15) is 39.0 Å². The van der Waals surface area contributed by atoms with Crippen molar-refractivity contribution >= 4 is 5.97 Å². The third-order valence-electron chi connectivity index (χ3n) is 3.98. The lowest BCUT2D eigenvalue weighted by molar-refractivity contribution is -0.155. The summed E-state index contributed by atoms with van der Waals surface area (Å²) in [5.74, 6) is 0.320. The molecule has 2 rings (SSSR count). The molecule has 4 nitrogen and oxygen atoms in total. The topological polar surface area (TPSA) is 47.6 Å². The average Bonchev–Trinajstić information content (AvgIpc) is 2.76. The molecule has 0 aromatic heterocycles. The van der Waals surface area contributed by atoms with Crippen LogP contribution >= 0.6 is 0 Å². The minimum Gasteiger partial charge on any atom is -0.461 e. The Bertz CT molecular complexity index is 269. The zero-order valence-corrected chi connectivity index (χ0v) is 10.8. The highest BCUT2D eigenvalue weighted by molar-refractivity contribution is 5.76. The highest BCUT2D eigenvalue weighted by Crippen LogP contribution is 2.24. The number of hydrogen-bond donors (Lipinski definition) is 1. The molecule has 1 saturated carbocycles. The smallest absolute Gasteiger partial charge is 0.323 e. The minimum absolute atomic E-state index is 0.0517. The molecule has 0 aromatic carbocycles. The van der Waals surface area contributed by atoms with Gasteiger partial charge in [0.1, 0.15) is 12.1 Å². The SMILES string of the molecule is COC1CCCC(OC(=O)C2NCCC2C)C1. The first-order valence-corrected chi connectivity index (χ1v) is 6.67. The van der Waals surface area contributed by atoms with Gasteiger partial charge in [-0.15, -0.1) is 0 Å². The van der Waals surface area contributed by atoms with Gasteiger partial charge in [0.25, 0.3) is 0 Å². The van der Waals surface area contributed by atoms with E-state index in [2.05, 4.69) is 12.2 Å². The van der Waals surface area contributed by atoms with Crippen molar-refractivity contribution < 1.29 is 14.3 Å². The van der Waals surface area contributed by atoms with Crippen LogP contribution in [0.2, 0.25) is 0 Å². The van der Waals surface area contributed by atoms with Crippen LogP contribution in [0.3, 0.4) is 0 Å². The minimum atomic E-state index is -0.0991. The molecule has 1 aliphatic carbocycles. The highest BCUT2D eigenvalue weighted by atomic mass is 16.5. The molecule has 4 heteroatoms. The van der Waals surface area contributed by atoms with Crippen molar-refractivity contribution in [1.29, 1.82) is 0 Å². The summed E-state index contributed by atoms with van der Waals surface area (Å²) < 4.78 is 10.9. The van der Waals surface area contributed by atoms with Crippen molar-refractivity contribution in [3.8, 4) is 0 Å². The number of hydrogen-bond acceptors (Lipinski definition) is 4. The maximum atomic E-state index is 12.0. The van der Waals surface area contributed by atoms with E-state index in [9.17, 15) is 4.79 Å². The van der Waals surface area contributed by atoms with Gasteiger partial charge in [0.15, 0.2) is 0 Å². The van der Waals surface area contributed by atoms with Gasteiger partial charge in [0, 0.05) is 13.5 Å². The third-order valence-corrected chi connectivity index (χ3v) is 3.98. The molecule has 98 valence electrons. The van der Waals surface area contributed by atoms with E-state index in [0.29, 0.717) is 5.92 Å². The third kappa shape index (κ3) is 3.19. The zero-order chi connectivity index (χ0) is 12.3. The monoisotopic (exact) mass is 241 g/mol. The van der Waals surface area contributed by atoms with Gasteiger partial charge < -0.3 is 14.8 Å². The number of methoxy groups -OCH3 is 1. The van der Waals surface area contributed by atoms with Crippen molar-refractivity contribution in [2.24, 2.45) is 5.92 Å². The number of ether oxygens (including phenoxy) is 2. The van der Waals surface area contributed by atoms with Crippen LogP contribution in [0.15, 0.2) is 0 Å². The Morgan fingerprint density at radius 1 is 1.24 bits per heavy atom. The van der Waals surface area contributed by atoms with E-state index in [1.807, 2.05) is 0 Å². The molecule has 0 bridgehead atoms. The van der Waals surface area contributed by atoms with Crippen molar-refractivity contribution in [2.75, 3.05) is 13.7 Å². The largest absolute Gasteiger partial charge is 0.461 e. The summed E-state index contributed by atoms with van der Waals surface area (Å²) >= 11 is 0. The van der Waals surface area contributed by atoms with E-state index in [1.165, 1.54) is 0 Å². The quantitative estimate of drug-likeness (QED) is 0.760. The van der Waals surface area contributed by atoms with E-state index < -0.39 is 0 Å². The van der Waals surface area contributed by atoms with Gasteiger partial charge in [0.2, 0.25) is 0 Å². The van der Waals surface area contributed by atoms with E-state index in [0.717, 1.165) is 38.6 Å². The lowest BCUT2D eigenvalue weighted by Crippen LogP contribution is -2.40. The molecule has 0 radical (unpaired) electrons. The van der Waals surface area contributed by atoms with Gasteiger partial charge in [-0.25, -0.2) is 0 Å². The number of carbonyl (C=O) groups excluding carboxylic acids is 1. The van der Waals surface area contributed by atoms with Crippen LogP contribution in [0, 0.1) is 5.92 Å². The molecule has 4 atom stereocenters. The molecule has 2 aliphatic rings. The summed E-state index contributed by atoms with van der Waals surface area (Å²) in [6.45, 7) is 3.02. The summed E-state index contributed by atoms with van der Waals surface area (Å²) in [4.78, 5) is 12.0. The molecule has 1 N–H and O–H groups in total. The molecule has 1 heterocycles. The van der Waals surface area contributed by atoms with Gasteiger partial charge >= 0.3 is 5.97 Å². The fraction of sp³-hybridized carbons (Fsp3) is 0.923. The maximum Gasteiger partial charge on any atom is 0.323 e. The summed E-state index contributed by atoms with van der Waals surface area (Å²) in [5, 5.41) is 3.22. The Morgan fingerprint density at radius 2 is 2.00 bits per heavy atom. The van der Waals surface area contributed by atoms with Gasteiger partial charge in [0.05, 0.1) is 6.10 Å². The number of rotatable bonds is 3. The molecule has 0 aromatic rings. The normalized spacial score (nSPS) is 38.0. The van der Waals surface area contributed by atoms with Crippen LogP contribution in [0.5, 0.6) is 0 Å². The van der Waals surface area contributed by atoms with Crippen molar-refractivity contribution in [3.05, 3.63) is 0 Å². The number of esters is 1. The maximum absolute atomic E-state index is 12.0. The molecular weight excluding hydrogens is 218 g/mol. The van der Waals surface area contributed by atoms with E-state index in [1.54, 1.807) is 7.11 Å². The Labute approximate surface area is 103 Å². The molecule has 0 spiro atoms. The van der Waals surface area contributed by atoms with Gasteiger partial charge in [-0.3, -0.25) is 4.79 Å². The second kappa shape index (κ2) is 5.83. The lowest BCUT2D eigenvalue weighted by atomic mass is 9.94. The summed E-state index contributed by atoms with van der Waals surface area (Å²) in [6, 6.07) is -0.0991. The molecule has 1 saturated heterocycles. The lowest BCUT2D eigenvalue weighted by Gasteiger charge is -2.29. The Kier molecular flexibility index (Phi) is 4.40. The fourth-order valence-corrected chi connectivity index (χ4v) is 2.81. The predicted molar refractivity (Wildman–Crippen MR) is 64.7 cm³/mol. The van der Waals surface area contributed by atoms with Crippen LogP contribution < -0.4 is 5.32 Å². The molecule has 1 aliphatic heterocycles. The highest BCUT2D eigenvalue weighted by Gasteiger charge is 2.33. The van der Waals surface area contributed by atoms with Gasteiger partial charge in [-0.2, -0.15) is 0 Å². The molecule has 2 fully saturated rings. The first-order valence-electron chi connectivity index (χ1n) is 6.67. The summed E-state index contributed by atoms with van der Waals surface area (Å²) in [5.41, 5.74) is 0. The van der Waals surface area contributed by atoms with Crippen molar-refractivity contribution in [3.63, 3.8) is 0 Å². The Morgan fingerprint density at radius 3 is 2.65 bits per heavy atom. The number of carbonyl (C=O) groups is 1.